The van der Waals surface area contributed by atoms with Crippen LogP contribution in [0.25, 0.3) is 0 Å². The molecule has 2 atom stereocenters. The maximum atomic E-state index is 5.33. The molecule has 0 amide bonds. The summed E-state index contributed by atoms with van der Waals surface area (Å²) in [7, 11) is 0. The van der Waals surface area contributed by atoms with Crippen molar-refractivity contribution in [1.29, 1.82) is 0 Å². The fourth-order valence-corrected chi connectivity index (χ4v) is 2.72. The number of fused-ring (bicyclic) bond motifs is 2. The Morgan fingerprint density at radius 2 is 2.15 bits per heavy atom. The van der Waals surface area contributed by atoms with Gasteiger partial charge in [0.2, 0.25) is 0 Å². The lowest BCUT2D eigenvalue weighted by atomic mass is 10.2. The molecule has 72 valence electrons. The first-order valence-corrected chi connectivity index (χ1v) is 5.15. The Labute approximate surface area is 80.9 Å². The monoisotopic (exact) mass is 178 g/mol. The van der Waals surface area contributed by atoms with Gasteiger partial charge in [0.25, 0.3) is 0 Å². The lowest BCUT2D eigenvalue weighted by molar-refractivity contribution is 0.113. The SMILES string of the molecule is C#CCN1CC2CC1CN2C(C)C. The van der Waals surface area contributed by atoms with Gasteiger partial charge in [0, 0.05) is 31.2 Å². The van der Waals surface area contributed by atoms with Crippen LogP contribution in [0.2, 0.25) is 0 Å². The van der Waals surface area contributed by atoms with Crippen LogP contribution >= 0.6 is 0 Å². The van der Waals surface area contributed by atoms with Crippen LogP contribution in [-0.2, 0) is 0 Å². The Balaban J connectivity index is 1.96. The van der Waals surface area contributed by atoms with Gasteiger partial charge in [-0.2, -0.15) is 0 Å². The molecular weight excluding hydrogens is 160 g/mol. The first-order chi connectivity index (χ1) is 6.22. The lowest BCUT2D eigenvalue weighted by Crippen LogP contribution is -2.48. The number of rotatable bonds is 2. The highest BCUT2D eigenvalue weighted by atomic mass is 15.4. The van der Waals surface area contributed by atoms with Gasteiger partial charge in [-0.3, -0.25) is 9.80 Å². The zero-order chi connectivity index (χ0) is 9.42. The minimum Gasteiger partial charge on any atom is -0.295 e. The first-order valence-electron chi connectivity index (χ1n) is 5.15. The van der Waals surface area contributed by atoms with Gasteiger partial charge in [-0.1, -0.05) is 5.92 Å². The molecule has 2 unspecified atom stereocenters. The van der Waals surface area contributed by atoms with Crippen molar-refractivity contribution >= 4 is 0 Å². The van der Waals surface area contributed by atoms with E-state index in [9.17, 15) is 0 Å². The van der Waals surface area contributed by atoms with E-state index in [1.807, 2.05) is 0 Å². The van der Waals surface area contributed by atoms with Gasteiger partial charge < -0.3 is 0 Å². The number of nitrogens with zero attached hydrogens (tertiary/aromatic N) is 2. The molecule has 0 aliphatic carbocycles. The van der Waals surface area contributed by atoms with Crippen molar-refractivity contribution in [2.75, 3.05) is 19.6 Å². The van der Waals surface area contributed by atoms with Gasteiger partial charge in [-0.05, 0) is 20.3 Å². The molecule has 0 aromatic carbocycles. The molecule has 2 rings (SSSR count). The number of piperazine rings is 1. The van der Waals surface area contributed by atoms with Crippen molar-refractivity contribution in [3.8, 4) is 12.3 Å². The normalized spacial score (nSPS) is 34.3. The van der Waals surface area contributed by atoms with Gasteiger partial charge in [-0.15, -0.1) is 6.42 Å². The summed E-state index contributed by atoms with van der Waals surface area (Å²) in [6, 6.07) is 2.21. The summed E-state index contributed by atoms with van der Waals surface area (Å²) in [5.74, 6) is 2.75. The molecule has 0 aromatic heterocycles. The van der Waals surface area contributed by atoms with E-state index in [0.29, 0.717) is 6.04 Å². The predicted molar refractivity (Wildman–Crippen MR) is 54.4 cm³/mol. The van der Waals surface area contributed by atoms with Gasteiger partial charge >= 0.3 is 0 Å². The topological polar surface area (TPSA) is 6.48 Å². The summed E-state index contributed by atoms with van der Waals surface area (Å²) in [5.41, 5.74) is 0. The van der Waals surface area contributed by atoms with E-state index in [0.717, 1.165) is 18.6 Å². The van der Waals surface area contributed by atoms with Crippen LogP contribution in [0.15, 0.2) is 0 Å². The van der Waals surface area contributed by atoms with Crippen LogP contribution in [0.3, 0.4) is 0 Å². The predicted octanol–water partition coefficient (Wildman–Crippen LogP) is 0.786. The molecule has 0 radical (unpaired) electrons. The van der Waals surface area contributed by atoms with Crippen molar-refractivity contribution in [2.24, 2.45) is 0 Å². The van der Waals surface area contributed by atoms with Crippen molar-refractivity contribution in [3.63, 3.8) is 0 Å². The second kappa shape index (κ2) is 3.32. The molecule has 2 fully saturated rings. The third kappa shape index (κ3) is 1.47. The fraction of sp³-hybridized carbons (Fsp3) is 0.818. The van der Waals surface area contributed by atoms with E-state index in [4.69, 9.17) is 6.42 Å². The number of hydrogen-bond donors (Lipinski definition) is 0. The van der Waals surface area contributed by atoms with E-state index >= 15 is 0 Å². The standard InChI is InChI=1S/C11H18N2/c1-4-5-12-7-11-6-10(12)8-13(11)9(2)3/h1,9-11H,5-8H2,2-3H3. The second-order valence-electron chi connectivity index (χ2n) is 4.47. The molecule has 0 saturated carbocycles. The van der Waals surface area contributed by atoms with E-state index in [-0.39, 0.29) is 0 Å². The maximum absolute atomic E-state index is 5.33. The van der Waals surface area contributed by atoms with Crippen molar-refractivity contribution in [3.05, 3.63) is 0 Å². The third-order valence-corrected chi connectivity index (χ3v) is 3.35. The van der Waals surface area contributed by atoms with Crippen LogP contribution < -0.4 is 0 Å². The summed E-state index contributed by atoms with van der Waals surface area (Å²) >= 11 is 0. The summed E-state index contributed by atoms with van der Waals surface area (Å²) in [5, 5.41) is 0. The molecule has 2 saturated heterocycles. The van der Waals surface area contributed by atoms with Crippen molar-refractivity contribution < 1.29 is 0 Å². The fourth-order valence-electron chi connectivity index (χ4n) is 2.72. The van der Waals surface area contributed by atoms with E-state index in [1.165, 1.54) is 19.5 Å². The summed E-state index contributed by atoms with van der Waals surface area (Å²) in [4.78, 5) is 5.06. The zero-order valence-electron chi connectivity index (χ0n) is 8.53. The number of likely N-dealkylation sites (tertiary alicyclic amines) is 2. The van der Waals surface area contributed by atoms with Gasteiger partial charge in [0.15, 0.2) is 0 Å². The van der Waals surface area contributed by atoms with Crippen molar-refractivity contribution in [2.45, 2.75) is 38.4 Å². The Bertz CT molecular complexity index is 229. The highest BCUT2D eigenvalue weighted by Gasteiger charge is 2.43. The minimum atomic E-state index is 0.697. The molecule has 0 N–H and O–H groups in total. The van der Waals surface area contributed by atoms with Crippen molar-refractivity contribution in [1.82, 2.24) is 9.80 Å². The van der Waals surface area contributed by atoms with Crippen LogP contribution in [0.5, 0.6) is 0 Å². The molecule has 2 bridgehead atoms. The molecule has 2 heteroatoms. The van der Waals surface area contributed by atoms with E-state index < -0.39 is 0 Å². The van der Waals surface area contributed by atoms with Crippen LogP contribution in [0, 0.1) is 12.3 Å². The van der Waals surface area contributed by atoms with Gasteiger partial charge in [0.1, 0.15) is 0 Å². The van der Waals surface area contributed by atoms with E-state index in [2.05, 4.69) is 29.6 Å². The average Bonchev–Trinajstić information content (AvgIpc) is 2.62. The largest absolute Gasteiger partial charge is 0.295 e. The molecule has 2 aliphatic rings. The number of terminal acetylenes is 1. The Kier molecular flexibility index (Phi) is 2.31. The summed E-state index contributed by atoms with van der Waals surface area (Å²) in [6.45, 7) is 7.82. The Morgan fingerprint density at radius 1 is 1.38 bits per heavy atom. The van der Waals surface area contributed by atoms with Crippen LogP contribution in [0.1, 0.15) is 20.3 Å². The lowest BCUT2D eigenvalue weighted by Gasteiger charge is -2.35. The Morgan fingerprint density at radius 3 is 2.62 bits per heavy atom. The van der Waals surface area contributed by atoms with Gasteiger partial charge in [0.05, 0.1) is 6.54 Å². The molecule has 13 heavy (non-hydrogen) atoms. The van der Waals surface area contributed by atoms with Crippen LogP contribution in [-0.4, -0.2) is 47.6 Å². The molecule has 0 aromatic rings. The number of hydrogen-bond acceptors (Lipinski definition) is 2. The zero-order valence-corrected chi connectivity index (χ0v) is 8.53. The molecule has 2 aliphatic heterocycles. The third-order valence-electron chi connectivity index (χ3n) is 3.35. The van der Waals surface area contributed by atoms with Gasteiger partial charge in [-0.25, -0.2) is 0 Å². The second-order valence-corrected chi connectivity index (χ2v) is 4.47. The molecule has 2 heterocycles. The van der Waals surface area contributed by atoms with E-state index in [1.54, 1.807) is 0 Å². The minimum absolute atomic E-state index is 0.697. The highest BCUT2D eigenvalue weighted by molar-refractivity contribution is 5.03. The molecule has 2 nitrogen and oxygen atoms in total. The van der Waals surface area contributed by atoms with Crippen LogP contribution in [0.4, 0.5) is 0 Å². The summed E-state index contributed by atoms with van der Waals surface area (Å²) < 4.78 is 0. The molecule has 0 spiro atoms. The maximum Gasteiger partial charge on any atom is 0.0602 e. The summed E-state index contributed by atoms with van der Waals surface area (Å²) in [6.07, 6.45) is 6.66. The molecular formula is C11H18N2. The average molecular weight is 178 g/mol. The highest BCUT2D eigenvalue weighted by Crippen LogP contribution is 2.31. The first kappa shape index (κ1) is 9.05. The smallest absolute Gasteiger partial charge is 0.0602 e. The Hall–Kier alpha value is -0.520. The quantitative estimate of drug-likeness (QED) is 0.577.